The van der Waals surface area contributed by atoms with E-state index in [1.165, 1.54) is 4.88 Å². The van der Waals surface area contributed by atoms with Crippen molar-refractivity contribution in [2.45, 2.75) is 25.4 Å². The minimum atomic E-state index is -0.518. The van der Waals surface area contributed by atoms with Crippen LogP contribution < -0.4 is 4.74 Å². The van der Waals surface area contributed by atoms with Crippen LogP contribution >= 0.6 is 11.3 Å². The first-order valence-corrected chi connectivity index (χ1v) is 7.58. The van der Waals surface area contributed by atoms with E-state index < -0.39 is 6.10 Å². The number of para-hydroxylation sites is 1. The predicted octanol–water partition coefficient (Wildman–Crippen LogP) is 3.40. The SMILES string of the molecule is CC1c2ccccc2OC1C(=O)OCCc1cccs1. The third-order valence-corrected chi connectivity index (χ3v) is 4.46. The van der Waals surface area contributed by atoms with Crippen molar-refractivity contribution in [2.24, 2.45) is 0 Å². The Morgan fingerprint density at radius 3 is 2.90 bits per heavy atom. The average molecular weight is 288 g/mol. The van der Waals surface area contributed by atoms with Crippen LogP contribution in [0.4, 0.5) is 0 Å². The van der Waals surface area contributed by atoms with E-state index in [1.807, 2.05) is 48.7 Å². The number of hydrogen-bond donors (Lipinski definition) is 0. The van der Waals surface area contributed by atoms with Crippen molar-refractivity contribution in [2.75, 3.05) is 6.61 Å². The van der Waals surface area contributed by atoms with Crippen molar-refractivity contribution < 1.29 is 14.3 Å². The van der Waals surface area contributed by atoms with Crippen molar-refractivity contribution in [1.82, 2.24) is 0 Å². The van der Waals surface area contributed by atoms with Crippen molar-refractivity contribution in [3.63, 3.8) is 0 Å². The summed E-state index contributed by atoms with van der Waals surface area (Å²) in [5.74, 6) is 0.561. The number of carbonyl (C=O) groups is 1. The fraction of sp³-hybridized carbons (Fsp3) is 0.312. The molecule has 1 aliphatic heterocycles. The fourth-order valence-electron chi connectivity index (χ4n) is 2.41. The van der Waals surface area contributed by atoms with Gasteiger partial charge in [-0.15, -0.1) is 11.3 Å². The normalized spacial score (nSPS) is 20.2. The van der Waals surface area contributed by atoms with Gasteiger partial charge in [-0.1, -0.05) is 31.2 Å². The van der Waals surface area contributed by atoms with Gasteiger partial charge in [0.05, 0.1) is 6.61 Å². The lowest BCUT2D eigenvalue weighted by Gasteiger charge is -2.14. The zero-order valence-corrected chi connectivity index (χ0v) is 12.1. The van der Waals surface area contributed by atoms with Crippen LogP contribution in [0.2, 0.25) is 0 Å². The summed E-state index contributed by atoms with van der Waals surface area (Å²) in [4.78, 5) is 13.3. The van der Waals surface area contributed by atoms with Crippen LogP contribution in [0.1, 0.15) is 23.3 Å². The maximum Gasteiger partial charge on any atom is 0.347 e. The summed E-state index contributed by atoms with van der Waals surface area (Å²) in [7, 11) is 0. The molecule has 0 N–H and O–H groups in total. The first-order chi connectivity index (χ1) is 9.75. The van der Waals surface area contributed by atoms with Crippen molar-refractivity contribution in [3.05, 3.63) is 52.2 Å². The monoisotopic (exact) mass is 288 g/mol. The molecule has 0 bridgehead atoms. The molecular weight excluding hydrogens is 272 g/mol. The minimum Gasteiger partial charge on any atom is -0.478 e. The zero-order chi connectivity index (χ0) is 13.9. The molecular formula is C16H16O3S. The number of esters is 1. The highest BCUT2D eigenvalue weighted by Crippen LogP contribution is 2.37. The number of rotatable bonds is 4. The van der Waals surface area contributed by atoms with Crippen molar-refractivity contribution in [3.8, 4) is 5.75 Å². The average Bonchev–Trinajstić information content (AvgIpc) is 3.08. The van der Waals surface area contributed by atoms with Crippen LogP contribution in [-0.2, 0) is 16.0 Å². The molecule has 2 aromatic rings. The summed E-state index contributed by atoms with van der Waals surface area (Å²) in [6, 6.07) is 11.8. The van der Waals surface area contributed by atoms with Gasteiger partial charge in [0.25, 0.3) is 0 Å². The van der Waals surface area contributed by atoms with E-state index in [4.69, 9.17) is 9.47 Å². The second kappa shape index (κ2) is 5.67. The Morgan fingerprint density at radius 2 is 2.15 bits per heavy atom. The highest BCUT2D eigenvalue weighted by molar-refractivity contribution is 7.09. The molecule has 3 rings (SSSR count). The number of benzene rings is 1. The first kappa shape index (κ1) is 13.2. The Morgan fingerprint density at radius 1 is 1.30 bits per heavy atom. The van der Waals surface area contributed by atoms with Gasteiger partial charge in [-0.2, -0.15) is 0 Å². The quantitative estimate of drug-likeness (QED) is 0.809. The van der Waals surface area contributed by atoms with Crippen LogP contribution in [0.15, 0.2) is 41.8 Å². The molecule has 0 saturated carbocycles. The summed E-state index contributed by atoms with van der Waals surface area (Å²) >= 11 is 1.67. The van der Waals surface area contributed by atoms with Gasteiger partial charge in [0, 0.05) is 22.8 Å². The Bertz CT molecular complexity index is 592. The lowest BCUT2D eigenvalue weighted by molar-refractivity contribution is -0.151. The van der Waals surface area contributed by atoms with Gasteiger partial charge in [0.15, 0.2) is 0 Å². The van der Waals surface area contributed by atoms with Gasteiger partial charge in [-0.05, 0) is 17.5 Å². The maximum absolute atomic E-state index is 12.1. The van der Waals surface area contributed by atoms with E-state index in [-0.39, 0.29) is 11.9 Å². The number of carbonyl (C=O) groups excluding carboxylic acids is 1. The van der Waals surface area contributed by atoms with Crippen molar-refractivity contribution in [1.29, 1.82) is 0 Å². The molecule has 0 radical (unpaired) electrons. The minimum absolute atomic E-state index is 0.0421. The third-order valence-electron chi connectivity index (χ3n) is 3.52. The first-order valence-electron chi connectivity index (χ1n) is 6.70. The predicted molar refractivity (Wildman–Crippen MR) is 78.3 cm³/mol. The van der Waals surface area contributed by atoms with Gasteiger partial charge in [0.2, 0.25) is 6.10 Å². The van der Waals surface area contributed by atoms with Gasteiger partial charge >= 0.3 is 5.97 Å². The molecule has 0 amide bonds. The third kappa shape index (κ3) is 2.56. The molecule has 0 saturated heterocycles. The summed E-state index contributed by atoms with van der Waals surface area (Å²) in [5, 5.41) is 2.02. The second-order valence-corrected chi connectivity index (χ2v) is 5.89. The van der Waals surface area contributed by atoms with Crippen LogP contribution in [0.5, 0.6) is 5.75 Å². The molecule has 4 heteroatoms. The van der Waals surface area contributed by atoms with Crippen molar-refractivity contribution >= 4 is 17.3 Å². The summed E-state index contributed by atoms with van der Waals surface area (Å²) in [6.45, 7) is 2.40. The Balaban J connectivity index is 1.56. The smallest absolute Gasteiger partial charge is 0.347 e. The number of ether oxygens (including phenoxy) is 2. The molecule has 2 unspecified atom stereocenters. The number of fused-ring (bicyclic) bond motifs is 1. The van der Waals surface area contributed by atoms with E-state index in [1.54, 1.807) is 11.3 Å². The lowest BCUT2D eigenvalue weighted by atomic mass is 9.98. The van der Waals surface area contributed by atoms with Gasteiger partial charge < -0.3 is 9.47 Å². The Labute approximate surface area is 122 Å². The van der Waals surface area contributed by atoms with Crippen LogP contribution in [0, 0.1) is 0 Å². The van der Waals surface area contributed by atoms with Gasteiger partial charge in [-0.3, -0.25) is 0 Å². The van der Waals surface area contributed by atoms with Crippen LogP contribution in [0.3, 0.4) is 0 Å². The van der Waals surface area contributed by atoms with E-state index in [0.717, 1.165) is 17.7 Å². The van der Waals surface area contributed by atoms with E-state index in [0.29, 0.717) is 6.61 Å². The lowest BCUT2D eigenvalue weighted by Crippen LogP contribution is -2.30. The van der Waals surface area contributed by atoms with Crippen LogP contribution in [-0.4, -0.2) is 18.7 Å². The summed E-state index contributed by atoms with van der Waals surface area (Å²) in [5.41, 5.74) is 1.08. The molecule has 0 aliphatic carbocycles. The van der Waals surface area contributed by atoms with E-state index in [9.17, 15) is 4.79 Å². The topological polar surface area (TPSA) is 35.5 Å². The summed E-state index contributed by atoms with van der Waals surface area (Å²) < 4.78 is 11.0. The molecule has 3 nitrogen and oxygen atoms in total. The molecule has 104 valence electrons. The fourth-order valence-corrected chi connectivity index (χ4v) is 3.10. The zero-order valence-electron chi connectivity index (χ0n) is 11.2. The summed E-state index contributed by atoms with van der Waals surface area (Å²) in [6.07, 6.45) is 0.244. The highest BCUT2D eigenvalue weighted by atomic mass is 32.1. The molecule has 2 heterocycles. The van der Waals surface area contributed by atoms with E-state index in [2.05, 4.69) is 0 Å². The number of hydrogen-bond acceptors (Lipinski definition) is 4. The molecule has 2 atom stereocenters. The Hall–Kier alpha value is -1.81. The molecule has 0 spiro atoms. The van der Waals surface area contributed by atoms with Crippen LogP contribution in [0.25, 0.3) is 0 Å². The van der Waals surface area contributed by atoms with Gasteiger partial charge in [0.1, 0.15) is 5.75 Å². The molecule has 1 aromatic heterocycles. The number of thiophene rings is 1. The molecule has 1 aromatic carbocycles. The van der Waals surface area contributed by atoms with E-state index >= 15 is 0 Å². The second-order valence-electron chi connectivity index (χ2n) is 4.86. The largest absolute Gasteiger partial charge is 0.478 e. The molecule has 20 heavy (non-hydrogen) atoms. The van der Waals surface area contributed by atoms with Gasteiger partial charge in [-0.25, -0.2) is 4.79 Å². The standard InChI is InChI=1S/C16H16O3S/c1-11-13-6-2-3-7-14(13)19-15(11)16(17)18-9-8-12-5-4-10-20-12/h2-7,10-11,15H,8-9H2,1H3. The molecule has 1 aliphatic rings. The highest BCUT2D eigenvalue weighted by Gasteiger charge is 2.37. The maximum atomic E-state index is 12.1. The molecule has 0 fully saturated rings. The Kier molecular flexibility index (Phi) is 3.74.